The van der Waals surface area contributed by atoms with Crippen molar-refractivity contribution in [2.24, 2.45) is 11.8 Å². The molecule has 0 nitrogen and oxygen atoms in total. The highest BCUT2D eigenvalue weighted by molar-refractivity contribution is 5.88. The molecule has 0 bridgehead atoms. The number of hydrogen-bond donors (Lipinski definition) is 0. The predicted molar refractivity (Wildman–Crippen MR) is 123 cm³/mol. The molecule has 0 aromatic heterocycles. The van der Waals surface area contributed by atoms with Crippen molar-refractivity contribution in [1.29, 1.82) is 0 Å². The lowest BCUT2D eigenvalue weighted by atomic mass is 9.78. The van der Waals surface area contributed by atoms with E-state index in [1.54, 1.807) is 12.1 Å². The molecule has 1 fully saturated rings. The maximum Gasteiger partial charge on any atom is 0.419 e. The third-order valence-corrected chi connectivity index (χ3v) is 7.11. The first kappa shape index (κ1) is 23.7. The maximum absolute atomic E-state index is 15.2. The average Bonchev–Trinajstić information content (AvgIpc) is 2.78. The topological polar surface area (TPSA) is 0 Å². The molecule has 0 atom stereocenters. The Balaban J connectivity index is 1.48. The average molecular weight is 461 g/mol. The lowest BCUT2D eigenvalue weighted by Crippen LogP contribution is -2.15. The van der Waals surface area contributed by atoms with Gasteiger partial charge >= 0.3 is 6.18 Å². The number of aryl methyl sites for hydroxylation is 1. The van der Waals surface area contributed by atoms with Crippen LogP contribution in [0.1, 0.15) is 63.0 Å². The summed E-state index contributed by atoms with van der Waals surface area (Å²) in [6, 6.07) is 11.4. The van der Waals surface area contributed by atoms with Gasteiger partial charge in [0.2, 0.25) is 0 Å². The van der Waals surface area contributed by atoms with Crippen molar-refractivity contribution < 1.29 is 22.0 Å². The van der Waals surface area contributed by atoms with E-state index in [-0.39, 0.29) is 11.1 Å². The maximum atomic E-state index is 15.2. The van der Waals surface area contributed by atoms with Crippen LogP contribution in [0, 0.1) is 23.5 Å². The van der Waals surface area contributed by atoms with Gasteiger partial charge < -0.3 is 0 Å². The quantitative estimate of drug-likeness (QED) is 0.322. The molecule has 1 saturated carbocycles. The summed E-state index contributed by atoms with van der Waals surface area (Å²) in [5.41, 5.74) is -0.0174. The fraction of sp³-hybridized carbons (Fsp3) is 0.429. The minimum Gasteiger partial charge on any atom is -0.206 e. The molecule has 0 saturated heterocycles. The molecule has 3 aromatic carbocycles. The second-order valence-corrected chi connectivity index (χ2v) is 9.39. The van der Waals surface area contributed by atoms with E-state index in [4.69, 9.17) is 0 Å². The number of benzene rings is 3. The number of halogens is 5. The van der Waals surface area contributed by atoms with Crippen LogP contribution in [-0.2, 0) is 12.6 Å². The van der Waals surface area contributed by atoms with E-state index < -0.39 is 23.4 Å². The standard InChI is InChI=1S/C28H29F5/c1-2-3-18-4-6-19(7-5-18)8-9-20-10-13-23-21(16-20)11-14-24(27(23)30)22-12-15-25(26(29)17-22)28(31,32)33/h10-19H,2-9H2,1H3. The van der Waals surface area contributed by atoms with Crippen LogP contribution in [0.4, 0.5) is 22.0 Å². The van der Waals surface area contributed by atoms with E-state index in [1.807, 2.05) is 12.1 Å². The van der Waals surface area contributed by atoms with Crippen LogP contribution in [0.25, 0.3) is 21.9 Å². The zero-order chi connectivity index (χ0) is 23.6. The van der Waals surface area contributed by atoms with Crippen LogP contribution >= 0.6 is 0 Å². The van der Waals surface area contributed by atoms with E-state index >= 15 is 4.39 Å². The Labute approximate surface area is 191 Å². The molecule has 33 heavy (non-hydrogen) atoms. The summed E-state index contributed by atoms with van der Waals surface area (Å²) >= 11 is 0. The highest BCUT2D eigenvalue weighted by atomic mass is 19.4. The molecule has 5 heteroatoms. The fourth-order valence-corrected chi connectivity index (χ4v) is 5.22. The summed E-state index contributed by atoms with van der Waals surface area (Å²) in [5, 5.41) is 1.13. The van der Waals surface area contributed by atoms with Crippen molar-refractivity contribution in [1.82, 2.24) is 0 Å². The van der Waals surface area contributed by atoms with Gasteiger partial charge in [0, 0.05) is 10.9 Å². The lowest BCUT2D eigenvalue weighted by Gasteiger charge is -2.28. The third kappa shape index (κ3) is 5.39. The Morgan fingerprint density at radius 3 is 2.15 bits per heavy atom. The molecular weight excluding hydrogens is 431 g/mol. The minimum atomic E-state index is -4.78. The zero-order valence-electron chi connectivity index (χ0n) is 18.8. The van der Waals surface area contributed by atoms with Gasteiger partial charge in [0.15, 0.2) is 0 Å². The van der Waals surface area contributed by atoms with E-state index in [0.717, 1.165) is 47.8 Å². The summed E-state index contributed by atoms with van der Waals surface area (Å²) in [6.07, 6.45) is 5.14. The number of fused-ring (bicyclic) bond motifs is 1. The molecule has 0 N–H and O–H groups in total. The van der Waals surface area contributed by atoms with Gasteiger partial charge in [-0.2, -0.15) is 13.2 Å². The first-order valence-electron chi connectivity index (χ1n) is 11.8. The fourth-order valence-electron chi connectivity index (χ4n) is 5.22. The molecule has 3 aromatic rings. The monoisotopic (exact) mass is 460 g/mol. The molecule has 0 unspecified atom stereocenters. The van der Waals surface area contributed by atoms with Crippen molar-refractivity contribution in [2.45, 2.75) is 64.5 Å². The van der Waals surface area contributed by atoms with E-state index in [9.17, 15) is 17.6 Å². The van der Waals surface area contributed by atoms with Crippen LogP contribution in [0.15, 0.2) is 48.5 Å². The summed E-state index contributed by atoms with van der Waals surface area (Å²) < 4.78 is 67.6. The van der Waals surface area contributed by atoms with E-state index in [2.05, 4.69) is 6.92 Å². The Kier molecular flexibility index (Phi) is 7.06. The summed E-state index contributed by atoms with van der Waals surface area (Å²) in [4.78, 5) is 0. The second-order valence-electron chi connectivity index (χ2n) is 9.39. The van der Waals surface area contributed by atoms with Gasteiger partial charge in [0.05, 0.1) is 5.56 Å². The molecule has 0 aliphatic heterocycles. The van der Waals surface area contributed by atoms with Gasteiger partial charge in [-0.3, -0.25) is 0 Å². The second kappa shape index (κ2) is 9.82. The third-order valence-electron chi connectivity index (χ3n) is 7.11. The van der Waals surface area contributed by atoms with E-state index in [0.29, 0.717) is 11.5 Å². The lowest BCUT2D eigenvalue weighted by molar-refractivity contribution is -0.139. The smallest absolute Gasteiger partial charge is 0.206 e. The largest absolute Gasteiger partial charge is 0.419 e. The van der Waals surface area contributed by atoms with Crippen LogP contribution < -0.4 is 0 Å². The van der Waals surface area contributed by atoms with Crippen molar-refractivity contribution >= 4 is 10.8 Å². The van der Waals surface area contributed by atoms with Crippen molar-refractivity contribution in [3.05, 3.63) is 71.3 Å². The van der Waals surface area contributed by atoms with Crippen LogP contribution in [0.5, 0.6) is 0 Å². The normalized spacial score (nSPS) is 19.2. The Bertz CT molecular complexity index is 1110. The molecule has 1 aliphatic carbocycles. The van der Waals surface area contributed by atoms with Gasteiger partial charge in [-0.25, -0.2) is 8.78 Å². The zero-order valence-corrected chi connectivity index (χ0v) is 18.8. The molecule has 4 rings (SSSR count). The van der Waals surface area contributed by atoms with Gasteiger partial charge in [-0.15, -0.1) is 0 Å². The van der Waals surface area contributed by atoms with Crippen molar-refractivity contribution in [3.8, 4) is 11.1 Å². The van der Waals surface area contributed by atoms with Gasteiger partial charge in [-0.1, -0.05) is 81.8 Å². The number of rotatable bonds is 6. The SMILES string of the molecule is CCCC1CCC(CCc2ccc3c(F)c(-c4ccc(C(F)(F)F)c(F)c4)ccc3c2)CC1. The summed E-state index contributed by atoms with van der Waals surface area (Å²) in [5.74, 6) is -0.310. The Morgan fingerprint density at radius 1 is 0.818 bits per heavy atom. The first-order chi connectivity index (χ1) is 15.8. The van der Waals surface area contributed by atoms with Crippen molar-refractivity contribution in [2.75, 3.05) is 0 Å². The van der Waals surface area contributed by atoms with E-state index in [1.165, 1.54) is 44.6 Å². The number of hydrogen-bond acceptors (Lipinski definition) is 0. The van der Waals surface area contributed by atoms with Gasteiger partial charge in [-0.05, 0) is 53.3 Å². The molecule has 0 radical (unpaired) electrons. The van der Waals surface area contributed by atoms with Gasteiger partial charge in [0.1, 0.15) is 11.6 Å². The summed E-state index contributed by atoms with van der Waals surface area (Å²) in [6.45, 7) is 2.25. The van der Waals surface area contributed by atoms with Crippen molar-refractivity contribution in [3.63, 3.8) is 0 Å². The number of alkyl halides is 3. The van der Waals surface area contributed by atoms with Crippen LogP contribution in [0.3, 0.4) is 0 Å². The molecule has 0 spiro atoms. The van der Waals surface area contributed by atoms with Crippen LogP contribution in [-0.4, -0.2) is 0 Å². The Morgan fingerprint density at radius 2 is 1.52 bits per heavy atom. The molecule has 176 valence electrons. The molecule has 1 aliphatic rings. The van der Waals surface area contributed by atoms with Crippen LogP contribution in [0.2, 0.25) is 0 Å². The summed E-state index contributed by atoms with van der Waals surface area (Å²) in [7, 11) is 0. The molecule has 0 amide bonds. The van der Waals surface area contributed by atoms with Gasteiger partial charge in [0.25, 0.3) is 0 Å². The first-order valence-corrected chi connectivity index (χ1v) is 11.8. The predicted octanol–water partition coefficient (Wildman–Crippen LogP) is 9.34. The minimum absolute atomic E-state index is 0.0858. The molecule has 0 heterocycles. The highest BCUT2D eigenvalue weighted by Gasteiger charge is 2.34. The Hall–Kier alpha value is -2.43. The highest BCUT2D eigenvalue weighted by Crippen LogP contribution is 2.36. The molecular formula is C28H29F5.